The maximum Gasteiger partial charge on any atom is 0.350 e. The summed E-state index contributed by atoms with van der Waals surface area (Å²) >= 11 is 2.14. The molecule has 0 aliphatic heterocycles. The Hall–Kier alpha value is -3.55. The first kappa shape index (κ1) is 26.5. The van der Waals surface area contributed by atoms with Gasteiger partial charge in [-0.2, -0.15) is 0 Å². The lowest BCUT2D eigenvalue weighted by molar-refractivity contribution is -0.113. The molecule has 2 heterocycles. The third kappa shape index (κ3) is 6.42. The van der Waals surface area contributed by atoms with E-state index in [2.05, 4.69) is 20.5 Å². The number of para-hydroxylation sites is 1. The molecule has 1 amide bonds. The van der Waals surface area contributed by atoms with E-state index in [-0.39, 0.29) is 39.9 Å². The van der Waals surface area contributed by atoms with Gasteiger partial charge in [0.05, 0.1) is 22.9 Å². The SMILES string of the molecule is CCOC(=O)c1sc(NC(=O)CSc2nnc(CS(=O)(=O)c3ccccc3)n2-c2ccccc2)nc1C. The molecule has 0 spiro atoms. The molecule has 0 aliphatic carbocycles. The Kier molecular flexibility index (Phi) is 8.36. The first-order valence-electron chi connectivity index (χ1n) is 11.1. The second kappa shape index (κ2) is 11.7. The van der Waals surface area contributed by atoms with Crippen LogP contribution < -0.4 is 5.32 Å². The van der Waals surface area contributed by atoms with Crippen LogP contribution in [0, 0.1) is 6.92 Å². The topological polar surface area (TPSA) is 133 Å². The summed E-state index contributed by atoms with van der Waals surface area (Å²) in [7, 11) is -3.67. The van der Waals surface area contributed by atoms with Gasteiger partial charge in [-0.1, -0.05) is 59.5 Å². The minimum atomic E-state index is -3.67. The zero-order valence-corrected chi connectivity index (χ0v) is 22.4. The van der Waals surface area contributed by atoms with Gasteiger partial charge >= 0.3 is 5.97 Å². The molecule has 192 valence electrons. The van der Waals surface area contributed by atoms with E-state index < -0.39 is 15.8 Å². The maximum atomic E-state index is 13.0. The van der Waals surface area contributed by atoms with Crippen LogP contribution in [0.15, 0.2) is 70.7 Å². The molecule has 0 saturated carbocycles. The lowest BCUT2D eigenvalue weighted by Gasteiger charge is -2.10. The van der Waals surface area contributed by atoms with Crippen LogP contribution in [-0.2, 0) is 25.1 Å². The molecule has 0 bridgehead atoms. The van der Waals surface area contributed by atoms with Crippen LogP contribution in [0.25, 0.3) is 5.69 Å². The normalized spacial score (nSPS) is 11.3. The number of benzene rings is 2. The van der Waals surface area contributed by atoms with Crippen molar-refractivity contribution in [1.29, 1.82) is 0 Å². The molecule has 4 rings (SSSR count). The quantitative estimate of drug-likeness (QED) is 0.227. The summed E-state index contributed by atoms with van der Waals surface area (Å²) in [6.07, 6.45) is 0. The van der Waals surface area contributed by atoms with Crippen molar-refractivity contribution in [1.82, 2.24) is 19.7 Å². The lowest BCUT2D eigenvalue weighted by atomic mass is 10.3. The minimum absolute atomic E-state index is 0.0379. The number of nitrogens with zero attached hydrogens (tertiary/aromatic N) is 4. The van der Waals surface area contributed by atoms with E-state index in [0.29, 0.717) is 21.4 Å². The largest absolute Gasteiger partial charge is 0.462 e. The van der Waals surface area contributed by atoms with Crippen molar-refractivity contribution in [2.45, 2.75) is 29.7 Å². The number of nitrogens with one attached hydrogen (secondary N) is 1. The first-order chi connectivity index (χ1) is 17.8. The molecule has 37 heavy (non-hydrogen) atoms. The fourth-order valence-electron chi connectivity index (χ4n) is 3.33. The third-order valence-electron chi connectivity index (χ3n) is 4.97. The standard InChI is InChI=1S/C24H23N5O5S3/c1-3-34-22(31)21-16(2)25-23(36-21)26-20(30)14-35-24-28-27-19(29(24)17-10-6-4-7-11-17)15-37(32,33)18-12-8-5-9-13-18/h4-13H,3,14-15H2,1-2H3,(H,25,26,30). The Morgan fingerprint density at radius 1 is 1.05 bits per heavy atom. The molecular formula is C24H23N5O5S3. The predicted molar refractivity (Wildman–Crippen MR) is 141 cm³/mol. The van der Waals surface area contributed by atoms with E-state index >= 15 is 0 Å². The van der Waals surface area contributed by atoms with E-state index in [4.69, 9.17) is 4.74 Å². The fourth-order valence-corrected chi connectivity index (χ4v) is 6.24. The number of ether oxygens (including phenoxy) is 1. The molecule has 10 nitrogen and oxygen atoms in total. The molecule has 0 fully saturated rings. The molecular weight excluding hydrogens is 534 g/mol. The van der Waals surface area contributed by atoms with Crippen LogP contribution >= 0.6 is 23.1 Å². The third-order valence-corrected chi connectivity index (χ3v) is 8.58. The van der Waals surface area contributed by atoms with Crippen LogP contribution in [0.1, 0.15) is 28.1 Å². The van der Waals surface area contributed by atoms with Gasteiger partial charge in [-0.05, 0) is 38.1 Å². The highest BCUT2D eigenvalue weighted by atomic mass is 32.2. The Balaban J connectivity index is 1.52. The number of esters is 1. The highest BCUT2D eigenvalue weighted by Crippen LogP contribution is 2.26. The summed E-state index contributed by atoms with van der Waals surface area (Å²) in [4.78, 5) is 29.4. The Morgan fingerprint density at radius 2 is 1.73 bits per heavy atom. The number of carbonyl (C=O) groups is 2. The van der Waals surface area contributed by atoms with Crippen molar-refractivity contribution in [2.75, 3.05) is 17.7 Å². The Labute approximate surface area is 222 Å². The molecule has 0 radical (unpaired) electrons. The number of amides is 1. The zero-order valence-electron chi connectivity index (χ0n) is 19.9. The van der Waals surface area contributed by atoms with Gasteiger partial charge in [-0.15, -0.1) is 10.2 Å². The lowest BCUT2D eigenvalue weighted by Crippen LogP contribution is -2.15. The summed E-state index contributed by atoms with van der Waals surface area (Å²) in [6.45, 7) is 3.62. The van der Waals surface area contributed by atoms with Crippen LogP contribution in [0.3, 0.4) is 0 Å². The number of thioether (sulfide) groups is 1. The van der Waals surface area contributed by atoms with Crippen molar-refractivity contribution in [3.05, 3.63) is 77.1 Å². The smallest absolute Gasteiger partial charge is 0.350 e. The van der Waals surface area contributed by atoms with E-state index in [1.807, 2.05) is 18.2 Å². The molecule has 4 aromatic rings. The second-order valence-corrected chi connectivity index (χ2v) is 11.6. The van der Waals surface area contributed by atoms with E-state index in [1.165, 1.54) is 12.1 Å². The van der Waals surface area contributed by atoms with Crippen LogP contribution in [0.4, 0.5) is 5.13 Å². The molecule has 2 aromatic heterocycles. The van der Waals surface area contributed by atoms with E-state index in [1.54, 1.807) is 48.7 Å². The van der Waals surface area contributed by atoms with Crippen molar-refractivity contribution < 1.29 is 22.7 Å². The van der Waals surface area contributed by atoms with Gasteiger partial charge in [-0.3, -0.25) is 9.36 Å². The van der Waals surface area contributed by atoms with Gasteiger partial charge in [0, 0.05) is 5.69 Å². The zero-order chi connectivity index (χ0) is 26.4. The van der Waals surface area contributed by atoms with Gasteiger partial charge < -0.3 is 10.1 Å². The van der Waals surface area contributed by atoms with Gasteiger partial charge in [0.1, 0.15) is 10.6 Å². The number of carbonyl (C=O) groups excluding carboxylic acids is 2. The molecule has 2 aromatic carbocycles. The summed E-state index contributed by atoms with van der Waals surface area (Å²) in [6, 6.07) is 17.2. The molecule has 0 aliphatic rings. The minimum Gasteiger partial charge on any atom is -0.462 e. The number of sulfone groups is 1. The van der Waals surface area contributed by atoms with Gasteiger partial charge in [0.2, 0.25) is 5.91 Å². The molecule has 0 unspecified atom stereocenters. The Morgan fingerprint density at radius 3 is 2.41 bits per heavy atom. The van der Waals surface area contributed by atoms with E-state index in [0.717, 1.165) is 23.1 Å². The first-order valence-corrected chi connectivity index (χ1v) is 14.6. The van der Waals surface area contributed by atoms with Crippen LogP contribution in [0.5, 0.6) is 0 Å². The monoisotopic (exact) mass is 557 g/mol. The van der Waals surface area contributed by atoms with Crippen molar-refractivity contribution in [3.63, 3.8) is 0 Å². The number of aryl methyl sites for hydroxylation is 1. The summed E-state index contributed by atoms with van der Waals surface area (Å²) in [5.41, 5.74) is 1.14. The Bertz CT molecular complexity index is 1500. The summed E-state index contributed by atoms with van der Waals surface area (Å²) in [5.74, 6) is -1.02. The second-order valence-electron chi connectivity index (χ2n) is 7.63. The number of hydrogen-bond donors (Lipinski definition) is 1. The predicted octanol–water partition coefficient (Wildman–Crippen LogP) is 3.91. The van der Waals surface area contributed by atoms with Crippen LogP contribution in [-0.4, -0.2) is 52.4 Å². The van der Waals surface area contributed by atoms with Crippen molar-refractivity contribution in [3.8, 4) is 5.69 Å². The molecule has 13 heteroatoms. The number of rotatable bonds is 10. The van der Waals surface area contributed by atoms with Crippen molar-refractivity contribution in [2.24, 2.45) is 0 Å². The highest BCUT2D eigenvalue weighted by Gasteiger charge is 2.23. The van der Waals surface area contributed by atoms with Crippen molar-refractivity contribution >= 4 is 49.9 Å². The van der Waals surface area contributed by atoms with Gasteiger partial charge in [0.15, 0.2) is 25.9 Å². The molecule has 0 saturated heterocycles. The van der Waals surface area contributed by atoms with E-state index in [9.17, 15) is 18.0 Å². The fraction of sp³-hybridized carbons (Fsp3) is 0.208. The number of aromatic nitrogens is 4. The number of anilines is 1. The summed E-state index contributed by atoms with van der Waals surface area (Å²) in [5, 5.41) is 11.6. The average molecular weight is 558 g/mol. The van der Waals surface area contributed by atoms with Gasteiger partial charge in [0.25, 0.3) is 0 Å². The summed E-state index contributed by atoms with van der Waals surface area (Å²) < 4.78 is 32.6. The van der Waals surface area contributed by atoms with Gasteiger partial charge in [-0.25, -0.2) is 18.2 Å². The maximum absolute atomic E-state index is 13.0. The van der Waals surface area contributed by atoms with Crippen LogP contribution in [0.2, 0.25) is 0 Å². The number of hydrogen-bond acceptors (Lipinski definition) is 10. The molecule has 0 atom stereocenters. The number of thiazole rings is 1. The average Bonchev–Trinajstić information content (AvgIpc) is 3.46. The molecule has 1 N–H and O–H groups in total. The highest BCUT2D eigenvalue weighted by molar-refractivity contribution is 7.99.